The lowest BCUT2D eigenvalue weighted by Crippen LogP contribution is -2.34. The lowest BCUT2D eigenvalue weighted by molar-refractivity contribution is 0.0689. The Bertz CT molecular complexity index is 1020. The summed E-state index contributed by atoms with van der Waals surface area (Å²) in [6.45, 7) is 0. The Kier molecular flexibility index (Phi) is 4.46. The maximum absolute atomic E-state index is 13.0. The Morgan fingerprint density at radius 3 is 1.45 bits per heavy atom. The number of carboxylic acids is 1. The lowest BCUT2D eigenvalue weighted by Gasteiger charge is -2.42. The van der Waals surface area contributed by atoms with E-state index in [1.54, 1.807) is 0 Å². The van der Waals surface area contributed by atoms with E-state index >= 15 is 0 Å². The summed E-state index contributed by atoms with van der Waals surface area (Å²) < 4.78 is 0. The van der Waals surface area contributed by atoms with Gasteiger partial charge in [0.05, 0.1) is 0 Å². The van der Waals surface area contributed by atoms with Crippen molar-refractivity contribution in [1.29, 1.82) is 0 Å². The van der Waals surface area contributed by atoms with Crippen LogP contribution < -0.4 is 0 Å². The summed E-state index contributed by atoms with van der Waals surface area (Å²) in [6.07, 6.45) is 20.2. The fraction of sp³-hybridized carbons (Fsp3) is 0.759. The van der Waals surface area contributed by atoms with Gasteiger partial charge in [-0.2, -0.15) is 0 Å². The fourth-order valence-corrected chi connectivity index (χ4v) is 11.3. The second-order valence-corrected chi connectivity index (χ2v) is 13.8. The lowest BCUT2D eigenvalue weighted by atomic mass is 9.63. The number of hydrogen-bond donors (Lipinski definition) is 2. The van der Waals surface area contributed by atoms with E-state index in [-0.39, 0.29) is 22.0 Å². The van der Waals surface area contributed by atoms with Crippen LogP contribution in [0, 0.1) is 17.8 Å². The molecule has 0 unspecified atom stereocenters. The minimum atomic E-state index is -0.879. The number of thioether (sulfide) groups is 1. The molecule has 0 radical (unpaired) electrons. The highest BCUT2D eigenvalue weighted by atomic mass is 32.2. The van der Waals surface area contributed by atoms with Crippen molar-refractivity contribution in [3.63, 3.8) is 0 Å². The first-order chi connectivity index (χ1) is 15.9. The number of hydrogen-bond acceptors (Lipinski definition) is 3. The van der Waals surface area contributed by atoms with Gasteiger partial charge >= 0.3 is 5.97 Å². The maximum atomic E-state index is 13.0. The molecule has 7 rings (SSSR count). The second kappa shape index (κ2) is 6.95. The van der Waals surface area contributed by atoms with Crippen molar-refractivity contribution in [2.45, 2.75) is 117 Å². The predicted octanol–water partition coefficient (Wildman–Crippen LogP) is 7.31. The van der Waals surface area contributed by atoms with Gasteiger partial charge in [-0.3, -0.25) is 0 Å². The number of rotatable bonds is 5. The minimum absolute atomic E-state index is 0.00335. The normalized spacial score (nSPS) is 42.6. The molecule has 6 aliphatic carbocycles. The van der Waals surface area contributed by atoms with Crippen LogP contribution in [-0.4, -0.2) is 22.4 Å². The summed E-state index contributed by atoms with van der Waals surface area (Å²) in [5.41, 5.74) is 4.08. The highest BCUT2D eigenvalue weighted by Crippen LogP contribution is 2.67. The zero-order valence-corrected chi connectivity index (χ0v) is 20.9. The molecule has 0 heterocycles. The number of phenols is 1. The first-order valence-electron chi connectivity index (χ1n) is 13.6. The van der Waals surface area contributed by atoms with Crippen LogP contribution in [0.25, 0.3) is 0 Å². The molecule has 0 aromatic heterocycles. The first kappa shape index (κ1) is 21.1. The van der Waals surface area contributed by atoms with Gasteiger partial charge in [0.15, 0.2) is 0 Å². The number of fused-ring (bicyclic) bond motifs is 6. The third-order valence-corrected chi connectivity index (χ3v) is 12.5. The number of aromatic carboxylic acids is 1. The Hall–Kier alpha value is -1.16. The zero-order chi connectivity index (χ0) is 22.6. The zero-order valence-electron chi connectivity index (χ0n) is 20.0. The van der Waals surface area contributed by atoms with Crippen LogP contribution in [0.3, 0.4) is 0 Å². The summed E-state index contributed by atoms with van der Waals surface area (Å²) in [4.78, 5) is 14.4. The van der Waals surface area contributed by atoms with Gasteiger partial charge in [0, 0.05) is 15.9 Å². The molecule has 0 saturated heterocycles. The largest absolute Gasteiger partial charge is 0.507 e. The molecule has 178 valence electrons. The molecule has 2 N–H and O–H groups in total. The summed E-state index contributed by atoms with van der Waals surface area (Å²) in [5.74, 6) is 1.62. The molecule has 6 fully saturated rings. The summed E-state index contributed by atoms with van der Waals surface area (Å²) in [6, 6.07) is 0. The summed E-state index contributed by atoms with van der Waals surface area (Å²) in [5, 5.41) is 22.6. The molecule has 33 heavy (non-hydrogen) atoms. The molecule has 0 amide bonds. The molecule has 0 aliphatic heterocycles. The van der Waals surface area contributed by atoms with E-state index in [0.717, 1.165) is 67.4 Å². The third-order valence-electron chi connectivity index (χ3n) is 11.7. The van der Waals surface area contributed by atoms with Crippen LogP contribution in [0.1, 0.15) is 123 Å². The highest BCUT2D eigenvalue weighted by Gasteiger charge is 2.57. The number of carbonyl (C=O) groups is 1. The fourth-order valence-electron chi connectivity index (χ4n) is 10.3. The summed E-state index contributed by atoms with van der Waals surface area (Å²) in [7, 11) is 0. The monoisotopic (exact) mass is 466 g/mol. The smallest absolute Gasteiger partial charge is 0.339 e. The molecule has 1 aromatic rings. The quantitative estimate of drug-likeness (QED) is 0.447. The second-order valence-electron chi connectivity index (χ2n) is 13.0. The molecule has 4 heteroatoms. The first-order valence-corrected chi connectivity index (χ1v) is 14.8. The maximum Gasteiger partial charge on any atom is 0.339 e. The van der Waals surface area contributed by atoms with Crippen LogP contribution in [-0.2, 0) is 16.2 Å². The molecule has 0 atom stereocenters. The van der Waals surface area contributed by atoms with Gasteiger partial charge in [0.25, 0.3) is 0 Å². The molecule has 0 spiro atoms. The predicted molar refractivity (Wildman–Crippen MR) is 132 cm³/mol. The Morgan fingerprint density at radius 1 is 0.727 bits per heavy atom. The van der Waals surface area contributed by atoms with E-state index in [2.05, 4.69) is 6.26 Å². The van der Waals surface area contributed by atoms with Gasteiger partial charge in [0.2, 0.25) is 0 Å². The van der Waals surface area contributed by atoms with Crippen LogP contribution in [0.2, 0.25) is 0 Å². The van der Waals surface area contributed by atoms with Gasteiger partial charge in [0.1, 0.15) is 11.3 Å². The minimum Gasteiger partial charge on any atom is -0.507 e. The van der Waals surface area contributed by atoms with E-state index in [1.807, 2.05) is 11.8 Å². The molecule has 6 saturated carbocycles. The van der Waals surface area contributed by atoms with Crippen molar-refractivity contribution in [3.05, 3.63) is 22.3 Å². The van der Waals surface area contributed by atoms with Gasteiger partial charge in [-0.15, -0.1) is 11.8 Å². The van der Waals surface area contributed by atoms with E-state index < -0.39 is 5.97 Å². The van der Waals surface area contributed by atoms with Crippen molar-refractivity contribution >= 4 is 17.7 Å². The van der Waals surface area contributed by atoms with Crippen LogP contribution in [0.5, 0.6) is 5.75 Å². The van der Waals surface area contributed by atoms with Crippen molar-refractivity contribution in [2.24, 2.45) is 17.8 Å². The van der Waals surface area contributed by atoms with Gasteiger partial charge in [-0.25, -0.2) is 4.79 Å². The van der Waals surface area contributed by atoms with E-state index in [1.165, 1.54) is 68.2 Å². The number of aromatic hydroxyl groups is 1. The SMILES string of the molecule is CSc1c(C23CCC(CC2)C3)c(O)c(C(=O)O)c(C23CCC(CC2)C3)c1C12CCC(CC1)C2. The third kappa shape index (κ3) is 2.68. The Labute approximate surface area is 202 Å². The topological polar surface area (TPSA) is 57.5 Å². The Balaban J connectivity index is 1.58. The van der Waals surface area contributed by atoms with Crippen molar-refractivity contribution in [2.75, 3.05) is 6.26 Å². The molecule has 3 nitrogen and oxygen atoms in total. The van der Waals surface area contributed by atoms with Gasteiger partial charge in [-0.1, -0.05) is 0 Å². The van der Waals surface area contributed by atoms with E-state index in [0.29, 0.717) is 5.56 Å². The van der Waals surface area contributed by atoms with E-state index in [4.69, 9.17) is 0 Å². The number of carboxylic acid groups (broad SMARTS) is 1. The van der Waals surface area contributed by atoms with Crippen molar-refractivity contribution in [3.8, 4) is 5.75 Å². The molecule has 6 bridgehead atoms. The van der Waals surface area contributed by atoms with Crippen LogP contribution in [0.4, 0.5) is 0 Å². The number of benzene rings is 1. The standard InChI is InChI=1S/C29H38O3S/c1-33-25-22(28-10-4-18(15-28)5-11-28)21(27-8-2-17(14-27)3-9-27)20(26(31)32)24(30)23(25)29-12-6-19(16-29)7-13-29/h17-19,30H,2-16H2,1H3,(H,31,32). The van der Waals surface area contributed by atoms with Crippen LogP contribution >= 0.6 is 11.8 Å². The highest BCUT2D eigenvalue weighted by molar-refractivity contribution is 7.98. The summed E-state index contributed by atoms with van der Waals surface area (Å²) >= 11 is 1.84. The average molecular weight is 467 g/mol. The molecule has 6 aliphatic rings. The van der Waals surface area contributed by atoms with Crippen LogP contribution in [0.15, 0.2) is 4.90 Å². The van der Waals surface area contributed by atoms with E-state index in [9.17, 15) is 15.0 Å². The average Bonchev–Trinajstić information content (AvgIpc) is 3.65. The van der Waals surface area contributed by atoms with Crippen molar-refractivity contribution < 1.29 is 15.0 Å². The molecular formula is C29H38O3S. The van der Waals surface area contributed by atoms with Gasteiger partial charge in [-0.05, 0) is 142 Å². The molecule has 1 aromatic carbocycles. The molecular weight excluding hydrogens is 428 g/mol. The van der Waals surface area contributed by atoms with Gasteiger partial charge < -0.3 is 10.2 Å². The Morgan fingerprint density at radius 2 is 1.12 bits per heavy atom. The van der Waals surface area contributed by atoms with Crippen molar-refractivity contribution in [1.82, 2.24) is 0 Å².